The van der Waals surface area contributed by atoms with Crippen LogP contribution in [-0.2, 0) is 20.4 Å². The number of amides is 1. The van der Waals surface area contributed by atoms with E-state index in [9.17, 15) is 18.0 Å². The highest BCUT2D eigenvalue weighted by molar-refractivity contribution is 5.94. The minimum absolute atomic E-state index is 0.0660. The van der Waals surface area contributed by atoms with Gasteiger partial charge in [0.15, 0.2) is 6.29 Å². The number of halogens is 3. The standard InChI is InChI=1S/C16H21F3N2O3/c1-2-6-20-12-5-4-11(16(17,18)19)9-13(12)21-14(22)10-15-23-7-3-8-24-15/h4-5,9,15,20H,2-3,6-8,10H2,1H3,(H,21,22). The Hall–Kier alpha value is -1.80. The fourth-order valence-corrected chi connectivity index (χ4v) is 2.24. The molecular weight excluding hydrogens is 325 g/mol. The number of hydrogen-bond donors (Lipinski definition) is 2. The first kappa shape index (κ1) is 18.5. The molecule has 0 aromatic heterocycles. The Labute approximate surface area is 138 Å². The molecule has 1 heterocycles. The van der Waals surface area contributed by atoms with Crippen molar-refractivity contribution in [2.75, 3.05) is 30.4 Å². The molecule has 2 rings (SSSR count). The van der Waals surface area contributed by atoms with Crippen molar-refractivity contribution >= 4 is 17.3 Å². The molecule has 1 fully saturated rings. The lowest BCUT2D eigenvalue weighted by atomic mass is 10.1. The van der Waals surface area contributed by atoms with E-state index in [0.717, 1.165) is 25.0 Å². The second kappa shape index (κ2) is 8.34. The third-order valence-corrected chi connectivity index (χ3v) is 3.43. The number of ether oxygens (including phenoxy) is 2. The second-order valence-electron chi connectivity index (χ2n) is 5.46. The van der Waals surface area contributed by atoms with Crippen LogP contribution >= 0.6 is 0 Å². The van der Waals surface area contributed by atoms with Gasteiger partial charge in [-0.25, -0.2) is 0 Å². The molecule has 1 aromatic carbocycles. The van der Waals surface area contributed by atoms with Gasteiger partial charge in [0.2, 0.25) is 5.91 Å². The summed E-state index contributed by atoms with van der Waals surface area (Å²) < 4.78 is 49.2. The van der Waals surface area contributed by atoms with Crippen molar-refractivity contribution in [3.8, 4) is 0 Å². The van der Waals surface area contributed by atoms with Gasteiger partial charge in [-0.3, -0.25) is 4.79 Å². The van der Waals surface area contributed by atoms with Crippen LogP contribution in [0, 0.1) is 0 Å². The van der Waals surface area contributed by atoms with Crippen LogP contribution < -0.4 is 10.6 Å². The van der Waals surface area contributed by atoms with Crippen molar-refractivity contribution in [3.63, 3.8) is 0 Å². The Balaban J connectivity index is 2.10. The maximum absolute atomic E-state index is 12.9. The van der Waals surface area contributed by atoms with Crippen molar-refractivity contribution in [2.45, 2.75) is 38.7 Å². The Bertz CT molecular complexity index is 558. The molecule has 5 nitrogen and oxygen atoms in total. The van der Waals surface area contributed by atoms with E-state index in [1.807, 2.05) is 6.92 Å². The van der Waals surface area contributed by atoms with Crippen LogP contribution in [0.2, 0.25) is 0 Å². The number of rotatable bonds is 6. The van der Waals surface area contributed by atoms with Gasteiger partial charge in [-0.1, -0.05) is 6.92 Å². The van der Waals surface area contributed by atoms with Crippen molar-refractivity contribution in [1.82, 2.24) is 0 Å². The lowest BCUT2D eigenvalue weighted by molar-refractivity contribution is -0.182. The third kappa shape index (κ3) is 5.38. The number of benzene rings is 1. The zero-order chi connectivity index (χ0) is 17.6. The Morgan fingerprint density at radius 1 is 1.25 bits per heavy atom. The van der Waals surface area contributed by atoms with Crippen LogP contribution in [0.1, 0.15) is 31.7 Å². The molecule has 24 heavy (non-hydrogen) atoms. The normalized spacial score (nSPS) is 16.0. The van der Waals surface area contributed by atoms with Crippen molar-refractivity contribution in [3.05, 3.63) is 23.8 Å². The van der Waals surface area contributed by atoms with E-state index in [1.54, 1.807) is 0 Å². The van der Waals surface area contributed by atoms with Crippen LogP contribution in [0.3, 0.4) is 0 Å². The highest BCUT2D eigenvalue weighted by Gasteiger charge is 2.31. The van der Waals surface area contributed by atoms with E-state index in [-0.39, 0.29) is 12.1 Å². The minimum Gasteiger partial charge on any atom is -0.383 e. The molecule has 0 atom stereocenters. The number of anilines is 2. The van der Waals surface area contributed by atoms with Crippen LogP contribution in [0.25, 0.3) is 0 Å². The molecule has 0 radical (unpaired) electrons. The average Bonchev–Trinajstić information content (AvgIpc) is 2.53. The molecule has 1 aromatic rings. The topological polar surface area (TPSA) is 59.6 Å². The van der Waals surface area contributed by atoms with Gasteiger partial charge in [0.05, 0.1) is 36.6 Å². The number of alkyl halides is 3. The summed E-state index contributed by atoms with van der Waals surface area (Å²) in [6.45, 7) is 3.53. The highest BCUT2D eigenvalue weighted by atomic mass is 19.4. The second-order valence-corrected chi connectivity index (χ2v) is 5.46. The van der Waals surface area contributed by atoms with E-state index in [0.29, 0.717) is 25.4 Å². The summed E-state index contributed by atoms with van der Waals surface area (Å²) in [5.74, 6) is -0.458. The molecule has 1 amide bonds. The van der Waals surface area contributed by atoms with Gasteiger partial charge in [0.25, 0.3) is 0 Å². The SMILES string of the molecule is CCCNc1ccc(C(F)(F)F)cc1NC(=O)CC1OCCCO1. The lowest BCUT2D eigenvalue weighted by Gasteiger charge is -2.23. The fraction of sp³-hybridized carbons (Fsp3) is 0.562. The molecule has 1 aliphatic heterocycles. The summed E-state index contributed by atoms with van der Waals surface area (Å²) in [6, 6.07) is 3.24. The molecule has 1 aliphatic rings. The van der Waals surface area contributed by atoms with Crippen molar-refractivity contribution in [1.29, 1.82) is 0 Å². The number of carbonyl (C=O) groups is 1. The number of carbonyl (C=O) groups excluding carboxylic acids is 1. The zero-order valence-electron chi connectivity index (χ0n) is 13.4. The molecule has 134 valence electrons. The van der Waals surface area contributed by atoms with Gasteiger partial charge in [-0.05, 0) is 31.0 Å². The van der Waals surface area contributed by atoms with Crippen LogP contribution in [0.15, 0.2) is 18.2 Å². The average molecular weight is 346 g/mol. The van der Waals surface area contributed by atoms with E-state index < -0.39 is 23.9 Å². The predicted octanol–water partition coefficient (Wildman–Crippen LogP) is 3.62. The van der Waals surface area contributed by atoms with Gasteiger partial charge in [-0.2, -0.15) is 13.2 Å². The molecule has 1 saturated heterocycles. The van der Waals surface area contributed by atoms with Crippen molar-refractivity contribution < 1.29 is 27.4 Å². The quantitative estimate of drug-likeness (QED) is 0.826. The summed E-state index contributed by atoms with van der Waals surface area (Å²) in [5.41, 5.74) is -0.271. The number of hydrogen-bond acceptors (Lipinski definition) is 4. The molecule has 0 aliphatic carbocycles. The van der Waals surface area contributed by atoms with E-state index in [4.69, 9.17) is 9.47 Å². The highest BCUT2D eigenvalue weighted by Crippen LogP contribution is 2.34. The first-order valence-electron chi connectivity index (χ1n) is 7.88. The minimum atomic E-state index is -4.47. The molecule has 0 unspecified atom stereocenters. The van der Waals surface area contributed by atoms with Gasteiger partial charge in [0.1, 0.15) is 0 Å². The van der Waals surface area contributed by atoms with Crippen LogP contribution in [-0.4, -0.2) is 32.0 Å². The zero-order valence-corrected chi connectivity index (χ0v) is 13.4. The molecule has 8 heteroatoms. The van der Waals surface area contributed by atoms with Crippen LogP contribution in [0.5, 0.6) is 0 Å². The predicted molar refractivity (Wildman–Crippen MR) is 83.8 cm³/mol. The molecule has 0 saturated carbocycles. The number of nitrogens with one attached hydrogen (secondary N) is 2. The van der Waals surface area contributed by atoms with Gasteiger partial charge < -0.3 is 20.1 Å². The molecule has 2 N–H and O–H groups in total. The van der Waals surface area contributed by atoms with E-state index in [1.165, 1.54) is 6.07 Å². The summed E-state index contributed by atoms with van der Waals surface area (Å²) in [6.07, 6.45) is -3.63. The fourth-order valence-electron chi connectivity index (χ4n) is 2.24. The maximum atomic E-state index is 12.9. The van der Waals surface area contributed by atoms with E-state index in [2.05, 4.69) is 10.6 Å². The summed E-state index contributed by atoms with van der Waals surface area (Å²) in [4.78, 5) is 12.1. The Morgan fingerprint density at radius 3 is 2.58 bits per heavy atom. The molecule has 0 spiro atoms. The monoisotopic (exact) mass is 346 g/mol. The van der Waals surface area contributed by atoms with Gasteiger partial charge in [0, 0.05) is 6.54 Å². The lowest BCUT2D eigenvalue weighted by Crippen LogP contribution is -2.29. The van der Waals surface area contributed by atoms with E-state index >= 15 is 0 Å². The molecule has 0 bridgehead atoms. The smallest absolute Gasteiger partial charge is 0.383 e. The third-order valence-electron chi connectivity index (χ3n) is 3.43. The Kier molecular flexibility index (Phi) is 6.44. The maximum Gasteiger partial charge on any atom is 0.416 e. The summed E-state index contributed by atoms with van der Waals surface area (Å²) in [7, 11) is 0. The summed E-state index contributed by atoms with van der Waals surface area (Å²) >= 11 is 0. The van der Waals surface area contributed by atoms with Crippen molar-refractivity contribution in [2.24, 2.45) is 0 Å². The largest absolute Gasteiger partial charge is 0.416 e. The van der Waals surface area contributed by atoms with Gasteiger partial charge >= 0.3 is 6.18 Å². The van der Waals surface area contributed by atoms with Crippen LogP contribution in [0.4, 0.5) is 24.5 Å². The Morgan fingerprint density at radius 2 is 1.96 bits per heavy atom. The molecular formula is C16H21F3N2O3. The van der Waals surface area contributed by atoms with Gasteiger partial charge in [-0.15, -0.1) is 0 Å². The first-order chi connectivity index (χ1) is 11.4. The first-order valence-corrected chi connectivity index (χ1v) is 7.88. The summed E-state index contributed by atoms with van der Waals surface area (Å²) in [5, 5.41) is 5.52.